The van der Waals surface area contributed by atoms with Gasteiger partial charge in [0.05, 0.1) is 12.1 Å². The van der Waals surface area contributed by atoms with E-state index < -0.39 is 0 Å². The molecule has 2 aromatic rings. The van der Waals surface area contributed by atoms with Crippen molar-refractivity contribution in [3.63, 3.8) is 0 Å². The second kappa shape index (κ2) is 8.60. The molecule has 1 aliphatic carbocycles. The van der Waals surface area contributed by atoms with Crippen LogP contribution < -0.4 is 5.32 Å². The quantitative estimate of drug-likeness (QED) is 0.829. The van der Waals surface area contributed by atoms with Gasteiger partial charge in [0, 0.05) is 19.1 Å². The first-order valence-electron chi connectivity index (χ1n) is 9.11. The molecule has 26 heavy (non-hydrogen) atoms. The lowest BCUT2D eigenvalue weighted by atomic mass is 10.0. The number of likely N-dealkylation sites (tertiary alicyclic amines) is 1. The van der Waals surface area contributed by atoms with Gasteiger partial charge in [0.25, 0.3) is 0 Å². The number of tetrazole rings is 1. The van der Waals surface area contributed by atoms with Crippen LogP contribution in [-0.4, -0.2) is 56.7 Å². The molecule has 4 rings (SSSR count). The monoisotopic (exact) mass is 376 g/mol. The number of nitrogens with one attached hydrogen (secondary N) is 1. The maximum Gasteiger partial charge on any atom is 0.226 e. The van der Waals surface area contributed by atoms with Gasteiger partial charge in [-0.2, -0.15) is 0 Å². The SMILES string of the molecule is Cl.O=C(Cc1ccc(-n2cnnn2)cc1)N1CCC(NCC2CC2)CC1. The number of carbonyl (C=O) groups is 1. The molecule has 8 heteroatoms. The molecule has 7 nitrogen and oxygen atoms in total. The van der Waals surface area contributed by atoms with Crippen LogP contribution in [0.5, 0.6) is 0 Å². The minimum Gasteiger partial charge on any atom is -0.342 e. The lowest BCUT2D eigenvalue weighted by molar-refractivity contribution is -0.131. The molecule has 1 aliphatic heterocycles. The molecule has 2 aliphatic rings. The van der Waals surface area contributed by atoms with Crippen molar-refractivity contribution in [3.05, 3.63) is 36.2 Å². The standard InChI is InChI=1S/C18H24N6O.ClH/c25-18(23-9-7-16(8-10-23)19-12-15-1-2-15)11-14-3-5-17(6-4-14)24-13-20-21-22-24;/h3-6,13,15-16,19H,1-2,7-12H2;1H. The Labute approximate surface area is 159 Å². The largest absolute Gasteiger partial charge is 0.342 e. The second-order valence-electron chi connectivity index (χ2n) is 7.10. The topological polar surface area (TPSA) is 75.9 Å². The Hall–Kier alpha value is -1.99. The number of nitrogens with zero attached hydrogens (tertiary/aromatic N) is 5. The zero-order chi connectivity index (χ0) is 17.1. The molecule has 0 bridgehead atoms. The van der Waals surface area contributed by atoms with Crippen LogP contribution in [0.25, 0.3) is 5.69 Å². The van der Waals surface area contributed by atoms with Gasteiger partial charge in [0.15, 0.2) is 0 Å². The average molecular weight is 377 g/mol. The van der Waals surface area contributed by atoms with Crippen LogP contribution in [0.3, 0.4) is 0 Å². The highest BCUT2D eigenvalue weighted by molar-refractivity contribution is 5.85. The number of carbonyl (C=O) groups excluding carboxylic acids is 1. The van der Waals surface area contributed by atoms with E-state index in [2.05, 4.69) is 20.8 Å². The highest BCUT2D eigenvalue weighted by Gasteiger charge is 2.25. The Balaban J connectivity index is 0.00000196. The molecule has 1 aromatic heterocycles. The van der Waals surface area contributed by atoms with Crippen LogP contribution in [0.15, 0.2) is 30.6 Å². The van der Waals surface area contributed by atoms with Crippen molar-refractivity contribution in [3.8, 4) is 5.69 Å². The Bertz CT molecular complexity index is 693. The summed E-state index contributed by atoms with van der Waals surface area (Å²) < 4.78 is 1.60. The van der Waals surface area contributed by atoms with Gasteiger partial charge in [0.1, 0.15) is 6.33 Å². The van der Waals surface area contributed by atoms with E-state index >= 15 is 0 Å². The van der Waals surface area contributed by atoms with E-state index in [4.69, 9.17) is 0 Å². The van der Waals surface area contributed by atoms with E-state index in [9.17, 15) is 4.79 Å². The Morgan fingerprint density at radius 1 is 1.12 bits per heavy atom. The number of aromatic nitrogens is 4. The zero-order valence-electron chi connectivity index (χ0n) is 14.8. The predicted molar refractivity (Wildman–Crippen MR) is 100 cm³/mol. The molecule has 0 atom stereocenters. The molecule has 2 heterocycles. The lowest BCUT2D eigenvalue weighted by Gasteiger charge is -2.32. The summed E-state index contributed by atoms with van der Waals surface area (Å²) in [4.78, 5) is 14.5. The number of benzene rings is 1. The number of rotatable bonds is 6. The first-order chi connectivity index (χ1) is 12.3. The summed E-state index contributed by atoms with van der Waals surface area (Å²) in [5.74, 6) is 1.13. The molecule has 2 fully saturated rings. The van der Waals surface area contributed by atoms with Crippen molar-refractivity contribution in [2.24, 2.45) is 5.92 Å². The van der Waals surface area contributed by atoms with Crippen molar-refractivity contribution >= 4 is 18.3 Å². The van der Waals surface area contributed by atoms with Crippen LogP contribution >= 0.6 is 12.4 Å². The van der Waals surface area contributed by atoms with Crippen molar-refractivity contribution in [1.29, 1.82) is 0 Å². The third-order valence-corrected chi connectivity index (χ3v) is 5.15. The van der Waals surface area contributed by atoms with E-state index in [1.807, 2.05) is 29.2 Å². The molecule has 1 amide bonds. The molecule has 1 saturated heterocycles. The van der Waals surface area contributed by atoms with Crippen LogP contribution in [0, 0.1) is 5.92 Å². The third-order valence-electron chi connectivity index (χ3n) is 5.15. The normalized spacial score (nSPS) is 17.8. The summed E-state index contributed by atoms with van der Waals surface area (Å²) >= 11 is 0. The van der Waals surface area contributed by atoms with Gasteiger partial charge in [-0.1, -0.05) is 12.1 Å². The number of hydrogen-bond donors (Lipinski definition) is 1. The van der Waals surface area contributed by atoms with Crippen molar-refractivity contribution in [2.75, 3.05) is 19.6 Å². The van der Waals surface area contributed by atoms with Crippen molar-refractivity contribution < 1.29 is 4.79 Å². The predicted octanol–water partition coefficient (Wildman–Crippen LogP) is 1.62. The van der Waals surface area contributed by atoms with Crippen molar-refractivity contribution in [1.82, 2.24) is 30.4 Å². The number of piperidine rings is 1. The van der Waals surface area contributed by atoms with E-state index in [1.165, 1.54) is 12.8 Å². The molecule has 0 spiro atoms. The lowest BCUT2D eigenvalue weighted by Crippen LogP contribution is -2.45. The Morgan fingerprint density at radius 2 is 1.85 bits per heavy atom. The highest BCUT2D eigenvalue weighted by atomic mass is 35.5. The highest BCUT2D eigenvalue weighted by Crippen LogP contribution is 2.28. The van der Waals surface area contributed by atoms with Gasteiger partial charge in [-0.15, -0.1) is 17.5 Å². The summed E-state index contributed by atoms with van der Waals surface area (Å²) in [5.41, 5.74) is 1.92. The molecule has 1 N–H and O–H groups in total. The van der Waals surface area contributed by atoms with E-state index in [0.717, 1.165) is 49.6 Å². The first kappa shape index (κ1) is 18.8. The minimum atomic E-state index is 0. The molecule has 1 aromatic carbocycles. The van der Waals surface area contributed by atoms with Gasteiger partial charge in [-0.25, -0.2) is 4.68 Å². The molecule has 0 unspecified atom stereocenters. The summed E-state index contributed by atoms with van der Waals surface area (Å²) in [6.07, 6.45) is 6.91. The number of amides is 1. The van der Waals surface area contributed by atoms with Gasteiger partial charge in [-0.05, 0) is 66.3 Å². The van der Waals surface area contributed by atoms with Gasteiger partial charge in [0.2, 0.25) is 5.91 Å². The number of halogens is 1. The van der Waals surface area contributed by atoms with E-state index in [1.54, 1.807) is 11.0 Å². The number of hydrogen-bond acceptors (Lipinski definition) is 5. The van der Waals surface area contributed by atoms with Crippen LogP contribution in [0.4, 0.5) is 0 Å². The van der Waals surface area contributed by atoms with Gasteiger partial charge in [-0.3, -0.25) is 4.79 Å². The fraction of sp³-hybridized carbons (Fsp3) is 0.556. The van der Waals surface area contributed by atoms with Crippen LogP contribution in [0.1, 0.15) is 31.2 Å². The van der Waals surface area contributed by atoms with Crippen LogP contribution in [-0.2, 0) is 11.2 Å². The van der Waals surface area contributed by atoms with Crippen LogP contribution in [0.2, 0.25) is 0 Å². The van der Waals surface area contributed by atoms with E-state index in [-0.39, 0.29) is 18.3 Å². The Morgan fingerprint density at radius 3 is 2.46 bits per heavy atom. The van der Waals surface area contributed by atoms with Gasteiger partial charge < -0.3 is 10.2 Å². The summed E-state index contributed by atoms with van der Waals surface area (Å²) in [5, 5.41) is 14.8. The summed E-state index contributed by atoms with van der Waals surface area (Å²) in [6, 6.07) is 8.40. The first-order valence-corrected chi connectivity index (χ1v) is 9.11. The molecule has 0 radical (unpaired) electrons. The fourth-order valence-corrected chi connectivity index (χ4v) is 3.32. The maximum atomic E-state index is 12.5. The summed E-state index contributed by atoms with van der Waals surface area (Å²) in [7, 11) is 0. The van der Waals surface area contributed by atoms with Gasteiger partial charge >= 0.3 is 0 Å². The third kappa shape index (κ3) is 4.80. The van der Waals surface area contributed by atoms with E-state index in [0.29, 0.717) is 12.5 Å². The molecular formula is C18H25ClN6O. The average Bonchev–Trinajstić information content (AvgIpc) is 3.32. The molecule has 140 valence electrons. The fourth-order valence-electron chi connectivity index (χ4n) is 3.32. The van der Waals surface area contributed by atoms with Crippen molar-refractivity contribution in [2.45, 2.75) is 38.1 Å². The molecular weight excluding hydrogens is 352 g/mol. The maximum absolute atomic E-state index is 12.5. The Kier molecular flexibility index (Phi) is 6.21. The molecule has 1 saturated carbocycles. The smallest absolute Gasteiger partial charge is 0.226 e. The summed E-state index contributed by atoms with van der Waals surface area (Å²) in [6.45, 7) is 2.89. The second-order valence-corrected chi connectivity index (χ2v) is 7.10. The minimum absolute atomic E-state index is 0. The zero-order valence-corrected chi connectivity index (χ0v) is 15.6.